The van der Waals surface area contributed by atoms with Crippen molar-refractivity contribution in [2.45, 2.75) is 19.3 Å². The highest BCUT2D eigenvalue weighted by atomic mass is 15.2. The van der Waals surface area contributed by atoms with E-state index in [-0.39, 0.29) is 0 Å². The van der Waals surface area contributed by atoms with Gasteiger partial charge in [-0.2, -0.15) is 0 Å². The van der Waals surface area contributed by atoms with Crippen LogP contribution in [0.3, 0.4) is 0 Å². The van der Waals surface area contributed by atoms with E-state index in [1.807, 2.05) is 0 Å². The molecule has 0 bridgehead atoms. The van der Waals surface area contributed by atoms with E-state index in [9.17, 15) is 0 Å². The summed E-state index contributed by atoms with van der Waals surface area (Å²) in [6.07, 6.45) is 6.42. The van der Waals surface area contributed by atoms with Gasteiger partial charge in [0.1, 0.15) is 0 Å². The van der Waals surface area contributed by atoms with Crippen molar-refractivity contribution >= 4 is 0 Å². The third-order valence-corrected chi connectivity index (χ3v) is 1.90. The largest absolute Gasteiger partial charge is 0.375 e. The lowest BCUT2D eigenvalue weighted by Crippen LogP contribution is -2.12. The molecule has 0 amide bonds. The molecule has 2 rings (SSSR count). The van der Waals surface area contributed by atoms with Crippen molar-refractivity contribution in [2.75, 3.05) is 13.1 Å². The van der Waals surface area contributed by atoms with Gasteiger partial charge in [-0.05, 0) is 12.8 Å². The van der Waals surface area contributed by atoms with Gasteiger partial charge >= 0.3 is 0 Å². The second-order valence-corrected chi connectivity index (χ2v) is 2.59. The first-order chi connectivity index (χ1) is 3.97. The zero-order valence-corrected chi connectivity index (χ0v) is 5.06. The lowest BCUT2D eigenvalue weighted by Gasteiger charge is -2.11. The maximum Gasteiger partial charge on any atom is 0.0175 e. The second kappa shape index (κ2) is 1.51. The molecule has 0 atom stereocenters. The summed E-state index contributed by atoms with van der Waals surface area (Å²) in [6, 6.07) is 0. The van der Waals surface area contributed by atoms with Crippen molar-refractivity contribution in [2.24, 2.45) is 0 Å². The monoisotopic (exact) mass is 109 g/mol. The summed E-state index contributed by atoms with van der Waals surface area (Å²) in [5, 5.41) is 0. The summed E-state index contributed by atoms with van der Waals surface area (Å²) >= 11 is 0. The molecule has 1 heterocycles. The second-order valence-electron chi connectivity index (χ2n) is 2.59. The van der Waals surface area contributed by atoms with E-state index in [1.54, 1.807) is 5.70 Å². The van der Waals surface area contributed by atoms with Crippen molar-refractivity contribution in [3.8, 4) is 0 Å². The number of nitrogens with zero attached hydrogens (tertiary/aromatic N) is 1. The smallest absolute Gasteiger partial charge is 0.0175 e. The lowest BCUT2D eigenvalue weighted by atomic mass is 10.4. The van der Waals surface area contributed by atoms with Gasteiger partial charge < -0.3 is 4.90 Å². The predicted octanol–water partition coefficient (Wildman–Crippen LogP) is 1.37. The van der Waals surface area contributed by atoms with Gasteiger partial charge in [-0.1, -0.05) is 6.08 Å². The molecule has 1 saturated heterocycles. The van der Waals surface area contributed by atoms with Crippen LogP contribution in [-0.4, -0.2) is 18.0 Å². The fourth-order valence-electron chi connectivity index (χ4n) is 1.31. The minimum absolute atomic E-state index is 1.28. The Bertz CT molecular complexity index is 120. The van der Waals surface area contributed by atoms with Crippen LogP contribution in [-0.2, 0) is 0 Å². The highest BCUT2D eigenvalue weighted by molar-refractivity contribution is 5.20. The molecule has 8 heavy (non-hydrogen) atoms. The van der Waals surface area contributed by atoms with Crippen LogP contribution in [0.15, 0.2) is 11.8 Å². The van der Waals surface area contributed by atoms with E-state index in [4.69, 9.17) is 0 Å². The molecule has 1 aliphatic carbocycles. The van der Waals surface area contributed by atoms with Crippen molar-refractivity contribution in [3.05, 3.63) is 11.8 Å². The molecule has 1 fully saturated rings. The first-order valence-electron chi connectivity index (χ1n) is 3.41. The molecular weight excluding hydrogens is 98.1 g/mol. The van der Waals surface area contributed by atoms with Crippen LogP contribution in [0, 0.1) is 0 Å². The first-order valence-corrected chi connectivity index (χ1v) is 3.41. The standard InChI is InChI=1S/C7H11N/c1-2-6-8(5-1)7-3-4-7/h3H,1-2,4-6H2. The predicted molar refractivity (Wildman–Crippen MR) is 33.5 cm³/mol. The molecule has 2 aliphatic rings. The number of hydrogen-bond donors (Lipinski definition) is 0. The summed E-state index contributed by atoms with van der Waals surface area (Å²) in [4.78, 5) is 2.50. The number of hydrogen-bond acceptors (Lipinski definition) is 1. The van der Waals surface area contributed by atoms with Crippen LogP contribution in [0.1, 0.15) is 19.3 Å². The topological polar surface area (TPSA) is 3.24 Å². The van der Waals surface area contributed by atoms with Gasteiger partial charge in [-0.25, -0.2) is 0 Å². The van der Waals surface area contributed by atoms with Crippen molar-refractivity contribution in [3.63, 3.8) is 0 Å². The van der Waals surface area contributed by atoms with Crippen LogP contribution in [0.5, 0.6) is 0 Å². The van der Waals surface area contributed by atoms with E-state index in [0.717, 1.165) is 0 Å². The molecule has 0 aromatic carbocycles. The van der Waals surface area contributed by atoms with Crippen molar-refractivity contribution in [1.82, 2.24) is 4.90 Å². The molecule has 0 aromatic rings. The lowest BCUT2D eigenvalue weighted by molar-refractivity contribution is 0.443. The van der Waals surface area contributed by atoms with Crippen LogP contribution in [0.25, 0.3) is 0 Å². The first kappa shape index (κ1) is 4.42. The molecule has 1 aliphatic heterocycles. The van der Waals surface area contributed by atoms with Crippen LogP contribution in [0.4, 0.5) is 0 Å². The summed E-state index contributed by atoms with van der Waals surface area (Å²) in [5.74, 6) is 0. The molecule has 0 unspecified atom stereocenters. The Labute approximate surface area is 50.0 Å². The van der Waals surface area contributed by atoms with E-state index >= 15 is 0 Å². The molecule has 44 valence electrons. The summed E-state index contributed by atoms with van der Waals surface area (Å²) < 4.78 is 0. The Balaban J connectivity index is 1.95. The van der Waals surface area contributed by atoms with Crippen molar-refractivity contribution in [1.29, 1.82) is 0 Å². The normalized spacial score (nSPS) is 26.0. The van der Waals surface area contributed by atoms with Crippen molar-refractivity contribution < 1.29 is 0 Å². The van der Waals surface area contributed by atoms with E-state index in [2.05, 4.69) is 11.0 Å². The molecular formula is C7H11N. The van der Waals surface area contributed by atoms with Gasteiger partial charge in [-0.3, -0.25) is 0 Å². The Morgan fingerprint density at radius 1 is 1.25 bits per heavy atom. The third kappa shape index (κ3) is 0.623. The molecule has 0 spiro atoms. The zero-order chi connectivity index (χ0) is 5.40. The number of allylic oxidation sites excluding steroid dienone is 2. The van der Waals surface area contributed by atoms with Gasteiger partial charge in [0, 0.05) is 25.2 Å². The zero-order valence-electron chi connectivity index (χ0n) is 5.06. The van der Waals surface area contributed by atoms with Crippen LogP contribution < -0.4 is 0 Å². The highest BCUT2D eigenvalue weighted by Gasteiger charge is 2.18. The fraction of sp³-hybridized carbons (Fsp3) is 0.714. The molecule has 0 aromatic heterocycles. The average Bonchev–Trinajstić information content (AvgIpc) is 2.49. The Kier molecular flexibility index (Phi) is 0.833. The van der Waals surface area contributed by atoms with E-state index < -0.39 is 0 Å². The minimum Gasteiger partial charge on any atom is -0.375 e. The molecule has 1 nitrogen and oxygen atoms in total. The minimum atomic E-state index is 1.28. The maximum atomic E-state index is 2.50. The van der Waals surface area contributed by atoms with Gasteiger partial charge in [0.25, 0.3) is 0 Å². The molecule has 0 saturated carbocycles. The van der Waals surface area contributed by atoms with E-state index in [1.165, 1.54) is 32.4 Å². The fourth-order valence-corrected chi connectivity index (χ4v) is 1.31. The quantitative estimate of drug-likeness (QED) is 0.491. The number of likely N-dealkylation sites (tertiary alicyclic amines) is 1. The third-order valence-electron chi connectivity index (χ3n) is 1.90. The SMILES string of the molecule is C1=C(N2CCCC2)C1. The van der Waals surface area contributed by atoms with Gasteiger partial charge in [-0.15, -0.1) is 0 Å². The van der Waals surface area contributed by atoms with Gasteiger partial charge in [0.05, 0.1) is 0 Å². The Morgan fingerprint density at radius 3 is 2.38 bits per heavy atom. The highest BCUT2D eigenvalue weighted by Crippen LogP contribution is 2.26. The Morgan fingerprint density at radius 2 is 1.88 bits per heavy atom. The Hall–Kier alpha value is -0.460. The summed E-state index contributed by atoms with van der Waals surface area (Å²) in [6.45, 7) is 2.65. The number of rotatable bonds is 1. The molecule has 1 heteroatoms. The molecule has 0 N–H and O–H groups in total. The summed E-state index contributed by atoms with van der Waals surface area (Å²) in [5.41, 5.74) is 1.60. The molecule has 0 radical (unpaired) electrons. The average molecular weight is 109 g/mol. The van der Waals surface area contributed by atoms with Gasteiger partial charge in [0.2, 0.25) is 0 Å². The van der Waals surface area contributed by atoms with Gasteiger partial charge in [0.15, 0.2) is 0 Å². The summed E-state index contributed by atoms with van der Waals surface area (Å²) in [7, 11) is 0. The maximum absolute atomic E-state index is 2.50. The van der Waals surface area contributed by atoms with Crippen LogP contribution in [0.2, 0.25) is 0 Å². The van der Waals surface area contributed by atoms with E-state index in [0.29, 0.717) is 0 Å². The van der Waals surface area contributed by atoms with Crippen LogP contribution >= 0.6 is 0 Å².